The molecule has 8 nitrogen and oxygen atoms in total. The van der Waals surface area contributed by atoms with Crippen LogP contribution in [0.2, 0.25) is 0 Å². The first-order valence-electron chi connectivity index (χ1n) is 9.87. The SMILES string of the molecule is Cc1cc(/C=C/C#N)cc(C)c1N1CC(=O)Nc2cnc(Nc3ccc(C#N)cc3)nc21. The minimum absolute atomic E-state index is 0.120. The number of hydrogen-bond donors (Lipinski definition) is 2. The molecule has 4 rings (SSSR count). The molecule has 0 fully saturated rings. The van der Waals surface area contributed by atoms with E-state index in [1.54, 1.807) is 36.5 Å². The number of allylic oxidation sites excluding steroid dienone is 1. The Morgan fingerprint density at radius 3 is 2.53 bits per heavy atom. The van der Waals surface area contributed by atoms with Gasteiger partial charge in [-0.1, -0.05) is 0 Å². The molecule has 0 saturated heterocycles. The van der Waals surface area contributed by atoms with Crippen LogP contribution in [0.25, 0.3) is 6.08 Å². The van der Waals surface area contributed by atoms with Crippen molar-refractivity contribution < 1.29 is 4.79 Å². The Bertz CT molecular complexity index is 1290. The third-order valence-electron chi connectivity index (χ3n) is 5.00. The van der Waals surface area contributed by atoms with Crippen molar-refractivity contribution in [3.8, 4) is 12.1 Å². The van der Waals surface area contributed by atoms with Crippen molar-refractivity contribution in [1.29, 1.82) is 10.5 Å². The van der Waals surface area contributed by atoms with Crippen LogP contribution in [0.3, 0.4) is 0 Å². The smallest absolute Gasteiger partial charge is 0.244 e. The maximum Gasteiger partial charge on any atom is 0.244 e. The summed E-state index contributed by atoms with van der Waals surface area (Å²) in [6.45, 7) is 4.06. The van der Waals surface area contributed by atoms with Crippen LogP contribution in [-0.4, -0.2) is 22.4 Å². The number of nitrogens with zero attached hydrogens (tertiary/aromatic N) is 5. The molecule has 0 atom stereocenters. The highest BCUT2D eigenvalue weighted by Crippen LogP contribution is 2.38. The van der Waals surface area contributed by atoms with Crippen molar-refractivity contribution in [2.75, 3.05) is 22.1 Å². The molecule has 1 aliphatic heterocycles. The largest absolute Gasteiger partial charge is 0.324 e. The summed E-state index contributed by atoms with van der Waals surface area (Å²) in [6, 6.07) is 15.0. The number of anilines is 5. The third kappa shape index (κ3) is 4.11. The first-order chi connectivity index (χ1) is 15.5. The van der Waals surface area contributed by atoms with Gasteiger partial charge in [-0.15, -0.1) is 0 Å². The Morgan fingerprint density at radius 2 is 1.88 bits per heavy atom. The van der Waals surface area contributed by atoms with E-state index in [0.717, 1.165) is 28.1 Å². The van der Waals surface area contributed by atoms with E-state index in [2.05, 4.69) is 26.7 Å². The molecule has 0 aliphatic carbocycles. The maximum absolute atomic E-state index is 12.4. The number of fused-ring (bicyclic) bond motifs is 1. The van der Waals surface area contributed by atoms with Gasteiger partial charge in [-0.25, -0.2) is 4.98 Å². The third-order valence-corrected chi connectivity index (χ3v) is 5.00. The van der Waals surface area contributed by atoms with Crippen LogP contribution >= 0.6 is 0 Å². The number of hydrogen-bond acceptors (Lipinski definition) is 7. The molecule has 0 spiro atoms. The van der Waals surface area contributed by atoms with Gasteiger partial charge >= 0.3 is 0 Å². The first kappa shape index (κ1) is 20.6. The Balaban J connectivity index is 1.73. The van der Waals surface area contributed by atoms with Gasteiger partial charge in [-0.2, -0.15) is 15.5 Å². The molecule has 0 saturated carbocycles. The fourth-order valence-corrected chi connectivity index (χ4v) is 3.72. The molecule has 1 aliphatic rings. The van der Waals surface area contributed by atoms with E-state index >= 15 is 0 Å². The van der Waals surface area contributed by atoms with E-state index in [0.29, 0.717) is 23.0 Å². The molecule has 2 aromatic carbocycles. The van der Waals surface area contributed by atoms with Gasteiger partial charge in [0.05, 0.1) is 23.9 Å². The van der Waals surface area contributed by atoms with E-state index in [-0.39, 0.29) is 12.5 Å². The summed E-state index contributed by atoms with van der Waals surface area (Å²) in [5.74, 6) is 0.807. The second-order valence-corrected chi connectivity index (χ2v) is 7.35. The molecule has 2 heterocycles. The van der Waals surface area contributed by atoms with E-state index in [4.69, 9.17) is 10.5 Å². The van der Waals surface area contributed by atoms with Gasteiger partial charge in [-0.3, -0.25) is 4.79 Å². The van der Waals surface area contributed by atoms with Crippen LogP contribution < -0.4 is 15.5 Å². The fraction of sp³-hybridized carbons (Fsp3) is 0.125. The average molecular weight is 421 g/mol. The summed E-state index contributed by atoms with van der Waals surface area (Å²) in [4.78, 5) is 23.2. The summed E-state index contributed by atoms with van der Waals surface area (Å²) in [5, 5.41) is 23.7. The summed E-state index contributed by atoms with van der Waals surface area (Å²) in [7, 11) is 0. The predicted octanol–water partition coefficient (Wildman–Crippen LogP) is 4.34. The van der Waals surface area contributed by atoms with Crippen molar-refractivity contribution in [1.82, 2.24) is 9.97 Å². The van der Waals surface area contributed by atoms with Crippen molar-refractivity contribution in [3.63, 3.8) is 0 Å². The average Bonchev–Trinajstić information content (AvgIpc) is 2.78. The molecular formula is C24H19N7O. The highest BCUT2D eigenvalue weighted by atomic mass is 16.2. The van der Waals surface area contributed by atoms with Crippen LogP contribution in [0, 0.1) is 36.5 Å². The zero-order valence-electron chi connectivity index (χ0n) is 17.5. The van der Waals surface area contributed by atoms with E-state index in [9.17, 15) is 4.79 Å². The minimum atomic E-state index is -0.152. The summed E-state index contributed by atoms with van der Waals surface area (Å²) < 4.78 is 0. The molecule has 3 aromatic rings. The quantitative estimate of drug-likeness (QED) is 0.602. The topological polar surface area (TPSA) is 118 Å². The molecule has 32 heavy (non-hydrogen) atoms. The van der Waals surface area contributed by atoms with Gasteiger partial charge in [0.1, 0.15) is 12.2 Å². The van der Waals surface area contributed by atoms with Crippen LogP contribution in [0.15, 0.2) is 48.7 Å². The lowest BCUT2D eigenvalue weighted by atomic mass is 10.0. The summed E-state index contributed by atoms with van der Waals surface area (Å²) >= 11 is 0. The Labute approximate surface area is 185 Å². The zero-order valence-corrected chi connectivity index (χ0v) is 17.5. The van der Waals surface area contributed by atoms with Crippen molar-refractivity contribution in [2.45, 2.75) is 13.8 Å². The second kappa shape index (κ2) is 8.58. The monoisotopic (exact) mass is 421 g/mol. The number of amides is 1. The first-order valence-corrected chi connectivity index (χ1v) is 9.87. The second-order valence-electron chi connectivity index (χ2n) is 7.35. The number of nitriles is 2. The van der Waals surface area contributed by atoms with Crippen molar-refractivity contribution >= 4 is 40.8 Å². The van der Waals surface area contributed by atoms with Gasteiger partial charge in [0.25, 0.3) is 0 Å². The van der Waals surface area contributed by atoms with Gasteiger partial charge in [-0.05, 0) is 73.0 Å². The van der Waals surface area contributed by atoms with E-state index < -0.39 is 0 Å². The lowest BCUT2D eigenvalue weighted by molar-refractivity contribution is -0.115. The minimum Gasteiger partial charge on any atom is -0.324 e. The number of rotatable bonds is 4. The Kier molecular flexibility index (Phi) is 5.52. The number of aryl methyl sites for hydroxylation is 2. The van der Waals surface area contributed by atoms with Crippen LogP contribution in [0.1, 0.15) is 22.3 Å². The highest BCUT2D eigenvalue weighted by Gasteiger charge is 2.27. The number of benzene rings is 2. The standard InChI is InChI=1S/C24H19N7O/c1-15-10-18(4-3-9-25)11-16(2)22(15)31-14-21(32)29-20-13-27-24(30-23(20)31)28-19-7-5-17(12-26)6-8-19/h3-8,10-11,13H,14H2,1-2H3,(H,29,32)(H,27,28,30)/b4-3+. The number of carbonyl (C=O) groups excluding carboxylic acids is 1. The number of nitrogens with one attached hydrogen (secondary N) is 2. The van der Waals surface area contributed by atoms with Crippen LogP contribution in [0.4, 0.5) is 28.8 Å². The molecule has 1 amide bonds. The van der Waals surface area contributed by atoms with Gasteiger partial charge in [0.15, 0.2) is 5.82 Å². The normalized spacial score (nSPS) is 12.6. The lowest BCUT2D eigenvalue weighted by Crippen LogP contribution is -2.36. The molecule has 2 N–H and O–H groups in total. The molecule has 8 heteroatoms. The Morgan fingerprint density at radius 1 is 1.16 bits per heavy atom. The van der Waals surface area contributed by atoms with Gasteiger partial charge < -0.3 is 15.5 Å². The van der Waals surface area contributed by atoms with Gasteiger partial charge in [0.2, 0.25) is 11.9 Å². The summed E-state index contributed by atoms with van der Waals surface area (Å²) in [5.41, 5.74) is 5.56. The lowest BCUT2D eigenvalue weighted by Gasteiger charge is -2.32. The molecule has 156 valence electrons. The molecule has 0 radical (unpaired) electrons. The van der Waals surface area contributed by atoms with Crippen LogP contribution in [-0.2, 0) is 4.79 Å². The number of carbonyl (C=O) groups is 1. The van der Waals surface area contributed by atoms with Crippen molar-refractivity contribution in [3.05, 3.63) is 70.9 Å². The molecule has 0 unspecified atom stereocenters. The number of aromatic nitrogens is 2. The Hall–Kier alpha value is -4.69. The molecule has 1 aromatic heterocycles. The van der Waals surface area contributed by atoms with E-state index in [1.165, 1.54) is 6.08 Å². The predicted molar refractivity (Wildman–Crippen MR) is 123 cm³/mol. The van der Waals surface area contributed by atoms with Crippen LogP contribution in [0.5, 0.6) is 0 Å². The van der Waals surface area contributed by atoms with E-state index in [1.807, 2.05) is 36.9 Å². The zero-order chi connectivity index (χ0) is 22.7. The summed E-state index contributed by atoms with van der Waals surface area (Å²) in [6.07, 6.45) is 4.77. The molecular weight excluding hydrogens is 402 g/mol. The molecule has 0 bridgehead atoms. The van der Waals surface area contributed by atoms with Gasteiger partial charge in [0, 0.05) is 17.5 Å². The van der Waals surface area contributed by atoms with Crippen molar-refractivity contribution in [2.24, 2.45) is 0 Å². The fourth-order valence-electron chi connectivity index (χ4n) is 3.72. The maximum atomic E-state index is 12.4. The highest BCUT2D eigenvalue weighted by molar-refractivity contribution is 6.02.